The van der Waals surface area contributed by atoms with E-state index in [4.69, 9.17) is 5.73 Å². The monoisotopic (exact) mass is 230 g/mol. The summed E-state index contributed by atoms with van der Waals surface area (Å²) in [6.45, 7) is 1.90. The number of nitrogens with zero attached hydrogens (tertiary/aromatic N) is 2. The molecule has 0 aliphatic carbocycles. The minimum atomic E-state index is -0.190. The van der Waals surface area contributed by atoms with Gasteiger partial charge in [-0.15, -0.1) is 0 Å². The van der Waals surface area contributed by atoms with Gasteiger partial charge in [0.15, 0.2) is 0 Å². The molecule has 0 fully saturated rings. The average molecular weight is 230 g/mol. The van der Waals surface area contributed by atoms with Crippen LogP contribution >= 0.6 is 0 Å². The zero-order valence-corrected chi connectivity index (χ0v) is 9.77. The molecule has 17 heavy (non-hydrogen) atoms. The minimum absolute atomic E-state index is 0.190. The van der Waals surface area contributed by atoms with Crippen molar-refractivity contribution in [3.8, 4) is 0 Å². The van der Waals surface area contributed by atoms with Crippen molar-refractivity contribution in [2.24, 2.45) is 7.05 Å². The van der Waals surface area contributed by atoms with Crippen LogP contribution in [0.5, 0.6) is 0 Å². The fraction of sp³-hybridized carbons (Fsp3) is 0.167. The Morgan fingerprint density at radius 2 is 2.24 bits per heavy atom. The molecule has 3 N–H and O–H groups in total. The zero-order chi connectivity index (χ0) is 12.4. The summed E-state index contributed by atoms with van der Waals surface area (Å²) < 4.78 is 1.62. The number of amides is 1. The van der Waals surface area contributed by atoms with E-state index in [0.717, 1.165) is 5.56 Å². The maximum Gasteiger partial charge on any atom is 0.255 e. The van der Waals surface area contributed by atoms with E-state index < -0.39 is 0 Å². The molecule has 1 aromatic heterocycles. The maximum absolute atomic E-state index is 11.9. The van der Waals surface area contributed by atoms with Gasteiger partial charge in [0, 0.05) is 24.5 Å². The second-order valence-corrected chi connectivity index (χ2v) is 3.93. The normalized spacial score (nSPS) is 10.2. The Bertz CT molecular complexity index is 559. The van der Waals surface area contributed by atoms with E-state index in [9.17, 15) is 4.79 Å². The van der Waals surface area contributed by atoms with E-state index in [1.807, 2.05) is 13.0 Å². The lowest BCUT2D eigenvalue weighted by atomic mass is 10.1. The molecule has 0 aliphatic heterocycles. The largest absolute Gasteiger partial charge is 0.398 e. The first kappa shape index (κ1) is 11.2. The van der Waals surface area contributed by atoms with Crippen LogP contribution in [0.2, 0.25) is 0 Å². The number of nitrogens with two attached hydrogens (primary N) is 1. The number of aryl methyl sites for hydroxylation is 2. The van der Waals surface area contributed by atoms with Crippen LogP contribution < -0.4 is 11.1 Å². The number of carbonyl (C=O) groups excluding carboxylic acids is 1. The summed E-state index contributed by atoms with van der Waals surface area (Å²) in [5.41, 5.74) is 8.54. The average Bonchev–Trinajstić information content (AvgIpc) is 2.68. The highest BCUT2D eigenvalue weighted by molar-refractivity contribution is 6.04. The Hall–Kier alpha value is -2.30. The fourth-order valence-corrected chi connectivity index (χ4v) is 1.47. The lowest BCUT2D eigenvalue weighted by molar-refractivity contribution is 0.102. The van der Waals surface area contributed by atoms with Gasteiger partial charge in [-0.25, -0.2) is 0 Å². The van der Waals surface area contributed by atoms with Gasteiger partial charge < -0.3 is 11.1 Å². The molecule has 0 unspecified atom stereocenters. The van der Waals surface area contributed by atoms with Crippen molar-refractivity contribution in [2.75, 3.05) is 11.1 Å². The van der Waals surface area contributed by atoms with Crippen LogP contribution in [0, 0.1) is 6.92 Å². The lowest BCUT2D eigenvalue weighted by Gasteiger charge is -2.05. The summed E-state index contributed by atoms with van der Waals surface area (Å²) >= 11 is 0. The van der Waals surface area contributed by atoms with Crippen LogP contribution in [0.15, 0.2) is 30.6 Å². The van der Waals surface area contributed by atoms with E-state index in [-0.39, 0.29) is 5.91 Å². The lowest BCUT2D eigenvalue weighted by Crippen LogP contribution is -2.12. The molecule has 0 aliphatic rings. The Morgan fingerprint density at radius 1 is 1.47 bits per heavy atom. The Balaban J connectivity index is 2.17. The summed E-state index contributed by atoms with van der Waals surface area (Å²) in [5.74, 6) is -0.190. The number of anilines is 2. The van der Waals surface area contributed by atoms with Crippen LogP contribution in [0.3, 0.4) is 0 Å². The quantitative estimate of drug-likeness (QED) is 0.769. The van der Waals surface area contributed by atoms with E-state index in [1.54, 1.807) is 36.3 Å². The number of rotatable bonds is 2. The molecule has 0 saturated heterocycles. The van der Waals surface area contributed by atoms with Crippen molar-refractivity contribution >= 4 is 17.3 Å². The molecule has 88 valence electrons. The number of aromatic nitrogens is 2. The molecular weight excluding hydrogens is 216 g/mol. The molecule has 1 amide bonds. The van der Waals surface area contributed by atoms with Gasteiger partial charge >= 0.3 is 0 Å². The molecule has 2 rings (SSSR count). The number of benzene rings is 1. The van der Waals surface area contributed by atoms with Gasteiger partial charge in [-0.1, -0.05) is 6.07 Å². The predicted molar refractivity (Wildman–Crippen MR) is 66.8 cm³/mol. The molecule has 0 atom stereocenters. The highest BCUT2D eigenvalue weighted by atomic mass is 16.1. The molecular formula is C12H14N4O. The minimum Gasteiger partial charge on any atom is -0.398 e. The number of hydrogen-bond donors (Lipinski definition) is 2. The SMILES string of the molecule is Cc1ccc(C(=O)Nc2cnn(C)c2)cc1N. The first-order chi connectivity index (χ1) is 8.06. The summed E-state index contributed by atoms with van der Waals surface area (Å²) in [5, 5.41) is 6.72. The van der Waals surface area contributed by atoms with Gasteiger partial charge in [-0.05, 0) is 24.6 Å². The Labute approximate surface area is 99.2 Å². The van der Waals surface area contributed by atoms with Gasteiger partial charge in [-0.2, -0.15) is 5.10 Å². The summed E-state index contributed by atoms with van der Waals surface area (Å²) in [6, 6.07) is 5.24. The molecule has 0 radical (unpaired) electrons. The molecule has 2 aromatic rings. The van der Waals surface area contributed by atoms with Gasteiger partial charge in [0.05, 0.1) is 11.9 Å². The third-order valence-corrected chi connectivity index (χ3v) is 2.50. The molecule has 0 bridgehead atoms. The van der Waals surface area contributed by atoms with E-state index in [1.165, 1.54) is 0 Å². The summed E-state index contributed by atoms with van der Waals surface area (Å²) in [7, 11) is 1.79. The van der Waals surface area contributed by atoms with Gasteiger partial charge in [0.25, 0.3) is 5.91 Å². The van der Waals surface area contributed by atoms with Crippen molar-refractivity contribution in [1.29, 1.82) is 0 Å². The van der Waals surface area contributed by atoms with Crippen LogP contribution in [0.25, 0.3) is 0 Å². The summed E-state index contributed by atoms with van der Waals surface area (Å²) in [6.07, 6.45) is 3.32. The van der Waals surface area contributed by atoms with Crippen LogP contribution in [0.1, 0.15) is 15.9 Å². The van der Waals surface area contributed by atoms with Crippen LogP contribution in [-0.4, -0.2) is 15.7 Å². The predicted octanol–water partition coefficient (Wildman–Crippen LogP) is 1.56. The first-order valence-electron chi connectivity index (χ1n) is 5.22. The third-order valence-electron chi connectivity index (χ3n) is 2.50. The number of nitrogens with one attached hydrogen (secondary N) is 1. The molecule has 0 saturated carbocycles. The van der Waals surface area contributed by atoms with Gasteiger partial charge in [0.2, 0.25) is 0 Å². The zero-order valence-electron chi connectivity index (χ0n) is 9.77. The smallest absolute Gasteiger partial charge is 0.255 e. The second kappa shape index (κ2) is 4.29. The van der Waals surface area contributed by atoms with Crippen molar-refractivity contribution in [2.45, 2.75) is 6.92 Å². The van der Waals surface area contributed by atoms with Crippen LogP contribution in [0.4, 0.5) is 11.4 Å². The molecule has 1 heterocycles. The Kier molecular flexibility index (Phi) is 2.82. The highest BCUT2D eigenvalue weighted by Crippen LogP contribution is 2.14. The second-order valence-electron chi connectivity index (χ2n) is 3.93. The van der Waals surface area contributed by atoms with Crippen molar-refractivity contribution in [1.82, 2.24) is 9.78 Å². The van der Waals surface area contributed by atoms with Gasteiger partial charge in [0.1, 0.15) is 0 Å². The molecule has 5 heteroatoms. The topological polar surface area (TPSA) is 72.9 Å². The van der Waals surface area contributed by atoms with E-state index in [0.29, 0.717) is 16.9 Å². The van der Waals surface area contributed by atoms with Gasteiger partial charge in [-0.3, -0.25) is 9.48 Å². The fourth-order valence-electron chi connectivity index (χ4n) is 1.47. The van der Waals surface area contributed by atoms with E-state index in [2.05, 4.69) is 10.4 Å². The van der Waals surface area contributed by atoms with E-state index >= 15 is 0 Å². The third kappa shape index (κ3) is 2.44. The first-order valence-corrected chi connectivity index (χ1v) is 5.22. The number of hydrogen-bond acceptors (Lipinski definition) is 3. The molecule has 0 spiro atoms. The standard InChI is InChI=1S/C12H14N4O/c1-8-3-4-9(5-11(8)13)12(17)15-10-6-14-16(2)7-10/h3-7H,13H2,1-2H3,(H,15,17). The maximum atomic E-state index is 11.9. The van der Waals surface area contributed by atoms with Crippen molar-refractivity contribution < 1.29 is 4.79 Å². The van der Waals surface area contributed by atoms with Crippen molar-refractivity contribution in [3.63, 3.8) is 0 Å². The van der Waals surface area contributed by atoms with Crippen molar-refractivity contribution in [3.05, 3.63) is 41.7 Å². The number of carbonyl (C=O) groups is 1. The summed E-state index contributed by atoms with van der Waals surface area (Å²) in [4.78, 5) is 11.9. The molecule has 5 nitrogen and oxygen atoms in total. The highest BCUT2D eigenvalue weighted by Gasteiger charge is 2.08. The molecule has 1 aromatic carbocycles. The Morgan fingerprint density at radius 3 is 2.82 bits per heavy atom. The number of nitrogen functional groups attached to an aromatic ring is 1. The van der Waals surface area contributed by atoms with Crippen LogP contribution in [-0.2, 0) is 7.05 Å².